The Morgan fingerprint density at radius 2 is 2.41 bits per heavy atom. The Morgan fingerprint density at radius 3 is 3.12 bits per heavy atom. The van der Waals surface area contributed by atoms with E-state index < -0.39 is 0 Å². The van der Waals surface area contributed by atoms with E-state index in [4.69, 9.17) is 4.74 Å². The van der Waals surface area contributed by atoms with Crippen LogP contribution >= 0.6 is 0 Å². The van der Waals surface area contributed by atoms with E-state index in [0.29, 0.717) is 30.4 Å². The van der Waals surface area contributed by atoms with E-state index >= 15 is 0 Å². The van der Waals surface area contributed by atoms with Crippen molar-refractivity contribution in [2.75, 3.05) is 25.1 Å². The van der Waals surface area contributed by atoms with Gasteiger partial charge in [0.25, 0.3) is 0 Å². The van der Waals surface area contributed by atoms with E-state index in [0.717, 1.165) is 26.1 Å². The average molecular weight is 239 g/mol. The van der Waals surface area contributed by atoms with Gasteiger partial charge < -0.3 is 10.1 Å². The van der Waals surface area contributed by atoms with Gasteiger partial charge in [-0.25, -0.2) is 14.4 Å². The number of halogens is 1. The molecule has 1 aromatic rings. The van der Waals surface area contributed by atoms with E-state index in [1.807, 2.05) is 6.92 Å². The zero-order valence-electron chi connectivity index (χ0n) is 10.1. The largest absolute Gasteiger partial charge is 0.381 e. The molecule has 0 radical (unpaired) electrons. The Bertz CT molecular complexity index is 367. The molecule has 1 aromatic heterocycles. The lowest BCUT2D eigenvalue weighted by molar-refractivity contribution is 0.0594. The van der Waals surface area contributed by atoms with Crippen molar-refractivity contribution in [3.63, 3.8) is 0 Å². The maximum absolute atomic E-state index is 13.8. The maximum Gasteiger partial charge on any atom is 0.186 e. The highest BCUT2D eigenvalue weighted by Gasteiger charge is 2.15. The number of nitrogens with zero attached hydrogens (tertiary/aromatic N) is 2. The van der Waals surface area contributed by atoms with Crippen LogP contribution in [0.1, 0.15) is 25.5 Å². The fourth-order valence-corrected chi connectivity index (χ4v) is 1.99. The molecule has 2 heterocycles. The van der Waals surface area contributed by atoms with Crippen LogP contribution in [0.5, 0.6) is 0 Å². The molecule has 1 unspecified atom stereocenters. The summed E-state index contributed by atoms with van der Waals surface area (Å²) in [5.41, 5.74) is 0.461. The number of nitrogens with one attached hydrogen (secondary N) is 1. The molecule has 0 bridgehead atoms. The lowest BCUT2D eigenvalue weighted by Crippen LogP contribution is -2.25. The third-order valence-corrected chi connectivity index (χ3v) is 3.01. The molecule has 5 heteroatoms. The molecule has 1 aliphatic rings. The van der Waals surface area contributed by atoms with Crippen LogP contribution in [-0.4, -0.2) is 29.7 Å². The summed E-state index contributed by atoms with van der Waals surface area (Å²) in [7, 11) is 0. The van der Waals surface area contributed by atoms with E-state index in [1.54, 1.807) is 0 Å². The number of ether oxygens (including phenoxy) is 1. The van der Waals surface area contributed by atoms with Gasteiger partial charge in [0.2, 0.25) is 0 Å². The number of aromatic nitrogens is 2. The van der Waals surface area contributed by atoms with Gasteiger partial charge in [-0.2, -0.15) is 0 Å². The van der Waals surface area contributed by atoms with Gasteiger partial charge in [-0.15, -0.1) is 0 Å². The summed E-state index contributed by atoms with van der Waals surface area (Å²) in [5, 5.41) is 3.05. The van der Waals surface area contributed by atoms with Crippen LogP contribution in [0.15, 0.2) is 6.33 Å². The second kappa shape index (κ2) is 5.91. The molecule has 4 nitrogen and oxygen atoms in total. The Balaban J connectivity index is 1.93. The summed E-state index contributed by atoms with van der Waals surface area (Å²) in [6.45, 7) is 4.18. The normalized spacial score (nSPS) is 20.2. The molecule has 1 N–H and O–H groups in total. The predicted molar refractivity (Wildman–Crippen MR) is 63.4 cm³/mol. The van der Waals surface area contributed by atoms with Crippen molar-refractivity contribution in [1.29, 1.82) is 0 Å². The number of rotatable bonds is 4. The highest BCUT2D eigenvalue weighted by atomic mass is 19.1. The summed E-state index contributed by atoms with van der Waals surface area (Å²) in [5.74, 6) is 0.428. The van der Waals surface area contributed by atoms with Crippen molar-refractivity contribution in [1.82, 2.24) is 9.97 Å². The fraction of sp³-hybridized carbons (Fsp3) is 0.667. The van der Waals surface area contributed by atoms with Gasteiger partial charge >= 0.3 is 0 Å². The number of anilines is 1. The Hall–Kier alpha value is -1.23. The van der Waals surface area contributed by atoms with Crippen molar-refractivity contribution in [3.8, 4) is 0 Å². The molecule has 0 aromatic carbocycles. The molecule has 1 aliphatic heterocycles. The number of hydrogen-bond acceptors (Lipinski definition) is 4. The lowest BCUT2D eigenvalue weighted by atomic mass is 10.0. The van der Waals surface area contributed by atoms with Gasteiger partial charge in [0.05, 0.1) is 12.3 Å². The molecule has 1 saturated heterocycles. The van der Waals surface area contributed by atoms with Gasteiger partial charge in [0.15, 0.2) is 11.6 Å². The standard InChI is InChI=1S/C12H18FN3O/c1-2-10-11(13)12(16-8-15-10)14-6-9-4-3-5-17-7-9/h8-9H,2-7H2,1H3,(H,14,15,16). The third-order valence-electron chi connectivity index (χ3n) is 3.01. The first-order chi connectivity index (χ1) is 8.31. The lowest BCUT2D eigenvalue weighted by Gasteiger charge is -2.22. The van der Waals surface area contributed by atoms with Crippen molar-refractivity contribution in [2.24, 2.45) is 5.92 Å². The second-order valence-electron chi connectivity index (χ2n) is 4.30. The van der Waals surface area contributed by atoms with Gasteiger partial charge in [0, 0.05) is 13.2 Å². The quantitative estimate of drug-likeness (QED) is 0.873. The van der Waals surface area contributed by atoms with E-state index in [1.165, 1.54) is 6.33 Å². The van der Waals surface area contributed by atoms with Crippen LogP contribution in [0.3, 0.4) is 0 Å². The number of aryl methyl sites for hydroxylation is 1. The minimum Gasteiger partial charge on any atom is -0.381 e. The van der Waals surface area contributed by atoms with Crippen LogP contribution in [0, 0.1) is 11.7 Å². The van der Waals surface area contributed by atoms with Gasteiger partial charge in [-0.05, 0) is 25.2 Å². The van der Waals surface area contributed by atoms with Crippen molar-refractivity contribution >= 4 is 5.82 Å². The highest BCUT2D eigenvalue weighted by Crippen LogP contribution is 2.17. The summed E-state index contributed by atoms with van der Waals surface area (Å²) in [6, 6.07) is 0. The molecule has 1 atom stereocenters. The summed E-state index contributed by atoms with van der Waals surface area (Å²) >= 11 is 0. The first-order valence-corrected chi connectivity index (χ1v) is 6.12. The molecule has 94 valence electrons. The zero-order valence-corrected chi connectivity index (χ0v) is 10.1. The monoisotopic (exact) mass is 239 g/mol. The Kier molecular flexibility index (Phi) is 4.25. The average Bonchev–Trinajstić information content (AvgIpc) is 2.39. The van der Waals surface area contributed by atoms with Crippen LogP contribution in [0.25, 0.3) is 0 Å². The molecular formula is C12H18FN3O. The Morgan fingerprint density at radius 1 is 1.53 bits per heavy atom. The SMILES string of the molecule is CCc1ncnc(NCC2CCCOC2)c1F. The minimum atomic E-state index is -0.327. The molecule has 0 spiro atoms. The summed E-state index contributed by atoms with van der Waals surface area (Å²) in [4.78, 5) is 7.83. The zero-order chi connectivity index (χ0) is 12.1. The molecule has 0 aliphatic carbocycles. The molecule has 17 heavy (non-hydrogen) atoms. The molecular weight excluding hydrogens is 221 g/mol. The summed E-state index contributed by atoms with van der Waals surface area (Å²) in [6.07, 6.45) is 4.19. The smallest absolute Gasteiger partial charge is 0.186 e. The predicted octanol–water partition coefficient (Wildman–Crippen LogP) is 2.02. The van der Waals surface area contributed by atoms with E-state index in [2.05, 4.69) is 15.3 Å². The first-order valence-electron chi connectivity index (χ1n) is 6.12. The van der Waals surface area contributed by atoms with Crippen molar-refractivity contribution < 1.29 is 9.13 Å². The molecule has 0 amide bonds. The molecule has 0 saturated carbocycles. The van der Waals surface area contributed by atoms with Crippen molar-refractivity contribution in [2.45, 2.75) is 26.2 Å². The first kappa shape index (κ1) is 12.2. The van der Waals surface area contributed by atoms with E-state index in [9.17, 15) is 4.39 Å². The van der Waals surface area contributed by atoms with Gasteiger partial charge in [-0.3, -0.25) is 0 Å². The third kappa shape index (κ3) is 3.12. The fourth-order valence-electron chi connectivity index (χ4n) is 1.99. The number of hydrogen-bond donors (Lipinski definition) is 1. The maximum atomic E-state index is 13.8. The highest BCUT2D eigenvalue weighted by molar-refractivity contribution is 5.37. The van der Waals surface area contributed by atoms with Crippen LogP contribution in [0.4, 0.5) is 10.2 Å². The molecule has 1 fully saturated rings. The van der Waals surface area contributed by atoms with Gasteiger partial charge in [-0.1, -0.05) is 6.92 Å². The van der Waals surface area contributed by atoms with Crippen LogP contribution < -0.4 is 5.32 Å². The van der Waals surface area contributed by atoms with Crippen molar-refractivity contribution in [3.05, 3.63) is 17.8 Å². The van der Waals surface area contributed by atoms with Gasteiger partial charge in [0.1, 0.15) is 6.33 Å². The van der Waals surface area contributed by atoms with E-state index in [-0.39, 0.29) is 5.82 Å². The summed E-state index contributed by atoms with van der Waals surface area (Å²) < 4.78 is 19.2. The van der Waals surface area contributed by atoms with Crippen LogP contribution in [0.2, 0.25) is 0 Å². The topological polar surface area (TPSA) is 47.0 Å². The Labute approximate surface area is 101 Å². The second-order valence-corrected chi connectivity index (χ2v) is 4.30. The molecule has 2 rings (SSSR count). The van der Waals surface area contributed by atoms with Crippen LogP contribution in [-0.2, 0) is 11.2 Å². The minimum absolute atomic E-state index is 0.308.